The Morgan fingerprint density at radius 2 is 2.26 bits per heavy atom. The first kappa shape index (κ1) is 17.8. The number of nitrogens with zero attached hydrogens (tertiary/aromatic N) is 1. The van der Waals surface area contributed by atoms with Gasteiger partial charge in [-0.2, -0.15) is 0 Å². The number of likely N-dealkylation sites (tertiary alicyclic amines) is 1. The number of rotatable bonds is 7. The number of carbonyl (C=O) groups excluding carboxylic acids is 1. The van der Waals surface area contributed by atoms with Gasteiger partial charge in [-0.25, -0.2) is 0 Å². The fourth-order valence-corrected chi connectivity index (χ4v) is 2.94. The van der Waals surface area contributed by atoms with Crippen molar-refractivity contribution in [3.63, 3.8) is 0 Å². The summed E-state index contributed by atoms with van der Waals surface area (Å²) in [5.74, 6) is 0.573. The molecule has 0 amide bonds. The van der Waals surface area contributed by atoms with E-state index in [2.05, 4.69) is 0 Å². The molecule has 0 saturated carbocycles. The molecule has 1 aliphatic heterocycles. The number of piperidine rings is 1. The highest BCUT2D eigenvalue weighted by Crippen LogP contribution is 2.19. The molecule has 0 aliphatic carbocycles. The lowest BCUT2D eigenvalue weighted by Crippen LogP contribution is -2.49. The van der Waals surface area contributed by atoms with Crippen molar-refractivity contribution in [1.29, 1.82) is 0 Å². The molecule has 0 radical (unpaired) electrons. The van der Waals surface area contributed by atoms with Crippen molar-refractivity contribution < 1.29 is 19.4 Å². The van der Waals surface area contributed by atoms with Crippen LogP contribution in [0.15, 0.2) is 24.3 Å². The minimum Gasteiger partial charge on any atom is -0.491 e. The van der Waals surface area contributed by atoms with Crippen LogP contribution < -0.4 is 4.74 Å². The van der Waals surface area contributed by atoms with E-state index in [1.165, 1.54) is 0 Å². The Labute approximate surface area is 138 Å². The number of esters is 1. The third kappa shape index (κ3) is 5.52. The fraction of sp³-hybridized carbons (Fsp3) is 0.611. The predicted octanol–water partition coefficient (Wildman–Crippen LogP) is 2.15. The van der Waals surface area contributed by atoms with Gasteiger partial charge >= 0.3 is 5.97 Å². The van der Waals surface area contributed by atoms with Gasteiger partial charge in [-0.3, -0.25) is 9.69 Å². The Hall–Kier alpha value is -1.59. The third-order valence-electron chi connectivity index (χ3n) is 4.05. The molecule has 1 fully saturated rings. The second-order valence-electron chi connectivity index (χ2n) is 6.04. The van der Waals surface area contributed by atoms with Crippen LogP contribution in [-0.2, 0) is 9.53 Å². The number of ether oxygens (including phenoxy) is 2. The second-order valence-corrected chi connectivity index (χ2v) is 6.04. The van der Waals surface area contributed by atoms with Gasteiger partial charge in [-0.1, -0.05) is 18.6 Å². The molecule has 2 atom stereocenters. The standard InChI is InChI=1S/C18H27NO4/c1-3-22-18(21)17-9-4-5-10-19(17)12-15(20)13-23-16-8-6-7-14(2)11-16/h6-8,11,15,17,20H,3-5,9-10,12-13H2,1-2H3. The average Bonchev–Trinajstić information content (AvgIpc) is 2.54. The number of aliphatic hydroxyl groups excluding tert-OH is 1. The Balaban J connectivity index is 1.84. The second kappa shape index (κ2) is 8.89. The van der Waals surface area contributed by atoms with E-state index in [1.807, 2.05) is 43.0 Å². The third-order valence-corrected chi connectivity index (χ3v) is 4.05. The van der Waals surface area contributed by atoms with Crippen LogP contribution in [0.25, 0.3) is 0 Å². The lowest BCUT2D eigenvalue weighted by molar-refractivity contribution is -0.151. The van der Waals surface area contributed by atoms with Crippen molar-refractivity contribution in [1.82, 2.24) is 4.90 Å². The average molecular weight is 321 g/mol. The predicted molar refractivity (Wildman–Crippen MR) is 88.5 cm³/mol. The summed E-state index contributed by atoms with van der Waals surface area (Å²) in [6.45, 7) is 5.66. The number of carbonyl (C=O) groups is 1. The monoisotopic (exact) mass is 321 g/mol. The molecule has 1 saturated heterocycles. The molecule has 5 nitrogen and oxygen atoms in total. The first-order valence-electron chi connectivity index (χ1n) is 8.38. The topological polar surface area (TPSA) is 59.0 Å². The van der Waals surface area contributed by atoms with Gasteiger partial charge in [-0.05, 0) is 50.9 Å². The smallest absolute Gasteiger partial charge is 0.323 e. The number of hydrogen-bond acceptors (Lipinski definition) is 5. The number of aryl methyl sites for hydroxylation is 1. The van der Waals surface area contributed by atoms with Crippen LogP contribution in [0.5, 0.6) is 5.75 Å². The zero-order chi connectivity index (χ0) is 16.7. The normalized spacial score (nSPS) is 20.0. The van der Waals surface area contributed by atoms with E-state index in [9.17, 15) is 9.90 Å². The van der Waals surface area contributed by atoms with Crippen LogP contribution in [0.3, 0.4) is 0 Å². The molecular formula is C18H27NO4. The largest absolute Gasteiger partial charge is 0.491 e. The molecule has 2 unspecified atom stereocenters. The number of aliphatic hydroxyl groups is 1. The molecule has 128 valence electrons. The van der Waals surface area contributed by atoms with Gasteiger partial charge in [0.05, 0.1) is 6.61 Å². The molecule has 1 aromatic rings. The molecule has 1 heterocycles. The van der Waals surface area contributed by atoms with Crippen LogP contribution in [-0.4, -0.2) is 54.4 Å². The summed E-state index contributed by atoms with van der Waals surface area (Å²) in [5.41, 5.74) is 1.12. The fourth-order valence-electron chi connectivity index (χ4n) is 2.94. The SMILES string of the molecule is CCOC(=O)C1CCCCN1CC(O)COc1cccc(C)c1. The molecule has 2 rings (SSSR count). The van der Waals surface area contributed by atoms with Gasteiger partial charge in [-0.15, -0.1) is 0 Å². The number of hydrogen-bond donors (Lipinski definition) is 1. The van der Waals surface area contributed by atoms with E-state index in [-0.39, 0.29) is 18.6 Å². The first-order chi connectivity index (χ1) is 11.1. The molecule has 5 heteroatoms. The molecule has 0 bridgehead atoms. The minimum absolute atomic E-state index is 0.181. The molecule has 1 aromatic carbocycles. The maximum absolute atomic E-state index is 12.0. The lowest BCUT2D eigenvalue weighted by Gasteiger charge is -2.35. The van der Waals surface area contributed by atoms with Gasteiger partial charge in [0.15, 0.2) is 0 Å². The Bertz CT molecular complexity index is 506. The van der Waals surface area contributed by atoms with Crippen molar-refractivity contribution in [2.24, 2.45) is 0 Å². The van der Waals surface area contributed by atoms with Crippen LogP contribution in [0.2, 0.25) is 0 Å². The van der Waals surface area contributed by atoms with Crippen LogP contribution in [0.1, 0.15) is 31.7 Å². The zero-order valence-electron chi connectivity index (χ0n) is 14.0. The summed E-state index contributed by atoms with van der Waals surface area (Å²) in [5, 5.41) is 10.2. The van der Waals surface area contributed by atoms with Gasteiger partial charge in [0.25, 0.3) is 0 Å². The van der Waals surface area contributed by atoms with Gasteiger partial charge < -0.3 is 14.6 Å². The van der Waals surface area contributed by atoms with Crippen LogP contribution >= 0.6 is 0 Å². The van der Waals surface area contributed by atoms with E-state index in [4.69, 9.17) is 9.47 Å². The van der Waals surface area contributed by atoms with E-state index in [0.717, 1.165) is 37.1 Å². The molecule has 1 N–H and O–H groups in total. The lowest BCUT2D eigenvalue weighted by atomic mass is 10.0. The minimum atomic E-state index is -0.634. The Morgan fingerprint density at radius 3 is 3.00 bits per heavy atom. The van der Waals surface area contributed by atoms with Crippen molar-refractivity contribution >= 4 is 5.97 Å². The van der Waals surface area contributed by atoms with Gasteiger partial charge in [0.2, 0.25) is 0 Å². The highest BCUT2D eigenvalue weighted by Gasteiger charge is 2.31. The molecular weight excluding hydrogens is 294 g/mol. The highest BCUT2D eigenvalue weighted by atomic mass is 16.5. The number of β-amino-alcohol motifs (C(OH)–C–C–N with tert-alkyl or cyclic N) is 1. The molecule has 0 spiro atoms. The Morgan fingerprint density at radius 1 is 1.43 bits per heavy atom. The van der Waals surface area contributed by atoms with E-state index in [1.54, 1.807) is 0 Å². The summed E-state index contributed by atoms with van der Waals surface area (Å²) in [4.78, 5) is 14.0. The summed E-state index contributed by atoms with van der Waals surface area (Å²) < 4.78 is 10.8. The van der Waals surface area contributed by atoms with Gasteiger partial charge in [0, 0.05) is 6.54 Å². The summed E-state index contributed by atoms with van der Waals surface area (Å²) in [6.07, 6.45) is 2.23. The highest BCUT2D eigenvalue weighted by molar-refractivity contribution is 5.75. The molecule has 23 heavy (non-hydrogen) atoms. The van der Waals surface area contributed by atoms with E-state index < -0.39 is 6.10 Å². The van der Waals surface area contributed by atoms with E-state index >= 15 is 0 Å². The number of benzene rings is 1. The van der Waals surface area contributed by atoms with Crippen molar-refractivity contribution in [3.8, 4) is 5.75 Å². The maximum Gasteiger partial charge on any atom is 0.323 e. The molecule has 0 aromatic heterocycles. The zero-order valence-corrected chi connectivity index (χ0v) is 14.0. The van der Waals surface area contributed by atoms with Crippen LogP contribution in [0.4, 0.5) is 0 Å². The summed E-state index contributed by atoms with van der Waals surface area (Å²) in [7, 11) is 0. The first-order valence-corrected chi connectivity index (χ1v) is 8.38. The Kier molecular flexibility index (Phi) is 6.86. The summed E-state index contributed by atoms with van der Waals surface area (Å²) in [6, 6.07) is 7.51. The van der Waals surface area contributed by atoms with Crippen LogP contribution in [0, 0.1) is 6.92 Å². The molecule has 1 aliphatic rings. The summed E-state index contributed by atoms with van der Waals surface area (Å²) >= 11 is 0. The van der Waals surface area contributed by atoms with Crippen molar-refractivity contribution in [2.75, 3.05) is 26.3 Å². The quantitative estimate of drug-likeness (QED) is 0.780. The van der Waals surface area contributed by atoms with E-state index in [0.29, 0.717) is 13.2 Å². The maximum atomic E-state index is 12.0. The van der Waals surface area contributed by atoms with Crippen molar-refractivity contribution in [2.45, 2.75) is 45.3 Å². The van der Waals surface area contributed by atoms with Gasteiger partial charge in [0.1, 0.15) is 24.5 Å². The van der Waals surface area contributed by atoms with Crippen molar-refractivity contribution in [3.05, 3.63) is 29.8 Å².